The molecule has 0 saturated carbocycles. The Morgan fingerprint density at radius 3 is 2.46 bits per heavy atom. The maximum absolute atomic E-state index is 11.5. The highest BCUT2D eigenvalue weighted by Crippen LogP contribution is 2.26. The van der Waals surface area contributed by atoms with Crippen LogP contribution in [-0.4, -0.2) is 35.7 Å². The van der Waals surface area contributed by atoms with Gasteiger partial charge in [0.1, 0.15) is 5.60 Å². The average Bonchev–Trinajstić information content (AvgIpc) is 2.55. The molecule has 5 heteroatoms. The Morgan fingerprint density at radius 1 is 1.12 bits per heavy atom. The number of alkyl carbamates (subject to hydrolysis) is 1. The van der Waals surface area contributed by atoms with Gasteiger partial charge < -0.3 is 10.1 Å². The minimum absolute atomic E-state index is 0.0358. The van der Waals surface area contributed by atoms with E-state index >= 15 is 0 Å². The van der Waals surface area contributed by atoms with Gasteiger partial charge >= 0.3 is 6.09 Å². The highest BCUT2D eigenvalue weighted by Gasteiger charge is 2.16. The SMILES string of the molecule is CC(C)(C)OC(=O)NCCCCCN=CC(C)(C)SCc1ccccc1. The van der Waals surface area contributed by atoms with E-state index in [4.69, 9.17) is 4.74 Å². The van der Waals surface area contributed by atoms with Crippen molar-refractivity contribution >= 4 is 24.1 Å². The predicted molar refractivity (Wildman–Crippen MR) is 113 cm³/mol. The van der Waals surface area contributed by atoms with E-state index in [0.29, 0.717) is 6.54 Å². The van der Waals surface area contributed by atoms with Crippen molar-refractivity contribution in [3.63, 3.8) is 0 Å². The molecule has 0 saturated heterocycles. The third kappa shape index (κ3) is 12.0. The molecule has 0 spiro atoms. The Labute approximate surface area is 163 Å². The van der Waals surface area contributed by atoms with Crippen molar-refractivity contribution in [3.8, 4) is 0 Å². The second-order valence-corrected chi connectivity index (χ2v) is 9.53. The van der Waals surface area contributed by atoms with Gasteiger partial charge in [-0.25, -0.2) is 4.79 Å². The van der Waals surface area contributed by atoms with Crippen molar-refractivity contribution in [1.82, 2.24) is 5.32 Å². The summed E-state index contributed by atoms with van der Waals surface area (Å²) in [6.45, 7) is 11.5. The number of ether oxygens (including phenoxy) is 1. The molecule has 4 nitrogen and oxygen atoms in total. The maximum atomic E-state index is 11.5. The van der Waals surface area contributed by atoms with Gasteiger partial charge in [-0.2, -0.15) is 0 Å². The fraction of sp³-hybridized carbons (Fsp3) is 0.619. The average molecular weight is 379 g/mol. The van der Waals surface area contributed by atoms with Crippen LogP contribution in [0.15, 0.2) is 35.3 Å². The number of rotatable bonds is 10. The Morgan fingerprint density at radius 2 is 1.81 bits per heavy atom. The first-order valence-corrected chi connectivity index (χ1v) is 10.3. The lowest BCUT2D eigenvalue weighted by molar-refractivity contribution is 0.0527. The van der Waals surface area contributed by atoms with Crippen LogP contribution in [0.25, 0.3) is 0 Å². The minimum Gasteiger partial charge on any atom is -0.444 e. The lowest BCUT2D eigenvalue weighted by Gasteiger charge is -2.19. The van der Waals surface area contributed by atoms with E-state index in [1.165, 1.54) is 5.56 Å². The number of thioether (sulfide) groups is 1. The summed E-state index contributed by atoms with van der Waals surface area (Å²) in [6, 6.07) is 10.5. The van der Waals surface area contributed by atoms with E-state index in [1.807, 2.05) is 38.6 Å². The zero-order valence-corrected chi connectivity index (χ0v) is 17.7. The number of carbonyl (C=O) groups is 1. The molecule has 0 radical (unpaired) electrons. The molecule has 0 bridgehead atoms. The van der Waals surface area contributed by atoms with Gasteiger partial charge in [-0.3, -0.25) is 4.99 Å². The third-order valence-corrected chi connectivity index (χ3v) is 4.82. The smallest absolute Gasteiger partial charge is 0.407 e. The van der Waals surface area contributed by atoms with Crippen molar-refractivity contribution in [3.05, 3.63) is 35.9 Å². The summed E-state index contributed by atoms with van der Waals surface area (Å²) in [6.07, 6.45) is 4.75. The number of hydrogen-bond donors (Lipinski definition) is 1. The number of hydrogen-bond acceptors (Lipinski definition) is 4. The quantitative estimate of drug-likeness (QED) is 0.434. The standard InChI is InChI=1S/C21H34N2O2S/c1-20(2,3)25-19(24)23-15-11-7-10-14-22-17-21(4,5)26-16-18-12-8-6-9-13-18/h6,8-9,12-13,17H,7,10-11,14-16H2,1-5H3,(H,23,24). The van der Waals surface area contributed by atoms with Gasteiger partial charge in [0.25, 0.3) is 0 Å². The van der Waals surface area contributed by atoms with Crippen LogP contribution in [-0.2, 0) is 10.5 Å². The highest BCUT2D eigenvalue weighted by molar-refractivity contribution is 8.00. The molecule has 26 heavy (non-hydrogen) atoms. The second kappa shape index (κ2) is 11.3. The molecule has 0 aliphatic rings. The lowest BCUT2D eigenvalue weighted by Crippen LogP contribution is -2.32. The van der Waals surface area contributed by atoms with Crippen molar-refractivity contribution in [2.24, 2.45) is 4.99 Å². The molecule has 0 aliphatic carbocycles. The van der Waals surface area contributed by atoms with Crippen LogP contribution in [0.2, 0.25) is 0 Å². The zero-order chi connectivity index (χ0) is 19.5. The molecule has 146 valence electrons. The first-order valence-electron chi connectivity index (χ1n) is 9.34. The van der Waals surface area contributed by atoms with Crippen LogP contribution in [0.1, 0.15) is 59.4 Å². The number of carbonyl (C=O) groups excluding carboxylic acids is 1. The molecule has 1 amide bonds. The lowest BCUT2D eigenvalue weighted by atomic mass is 10.2. The van der Waals surface area contributed by atoms with Crippen LogP contribution in [0.3, 0.4) is 0 Å². The summed E-state index contributed by atoms with van der Waals surface area (Å²) in [5.41, 5.74) is 0.904. The van der Waals surface area contributed by atoms with Crippen molar-refractivity contribution in [1.29, 1.82) is 0 Å². The minimum atomic E-state index is -0.440. The van der Waals surface area contributed by atoms with Crippen molar-refractivity contribution in [2.75, 3.05) is 13.1 Å². The molecule has 0 heterocycles. The largest absolute Gasteiger partial charge is 0.444 e. The molecule has 1 aromatic rings. The van der Waals surface area contributed by atoms with Gasteiger partial charge in [0.05, 0.1) is 0 Å². The fourth-order valence-corrected chi connectivity index (χ4v) is 3.05. The summed E-state index contributed by atoms with van der Waals surface area (Å²) in [4.78, 5) is 16.1. The molecule has 0 fully saturated rings. The predicted octanol–water partition coefficient (Wildman–Crippen LogP) is 5.46. The van der Waals surface area contributed by atoms with Crippen LogP contribution >= 0.6 is 11.8 Å². The molecule has 1 N–H and O–H groups in total. The first kappa shape index (κ1) is 22.6. The van der Waals surface area contributed by atoms with E-state index < -0.39 is 5.60 Å². The second-order valence-electron chi connectivity index (χ2n) is 7.90. The molecular formula is C21H34N2O2S. The summed E-state index contributed by atoms with van der Waals surface area (Å²) in [5, 5.41) is 2.78. The molecule has 1 rings (SSSR count). The number of benzene rings is 1. The van der Waals surface area contributed by atoms with Gasteiger partial charge in [0.2, 0.25) is 0 Å². The van der Waals surface area contributed by atoms with Crippen LogP contribution in [0.5, 0.6) is 0 Å². The Kier molecular flexibility index (Phi) is 9.78. The number of amides is 1. The van der Waals surface area contributed by atoms with Crippen LogP contribution in [0.4, 0.5) is 4.79 Å². The number of unbranched alkanes of at least 4 members (excludes halogenated alkanes) is 2. The molecule has 0 atom stereocenters. The van der Waals surface area contributed by atoms with Crippen LogP contribution in [0, 0.1) is 0 Å². The summed E-state index contributed by atoms with van der Waals surface area (Å²) in [5.74, 6) is 0.996. The summed E-state index contributed by atoms with van der Waals surface area (Å²) < 4.78 is 5.24. The van der Waals surface area contributed by atoms with Gasteiger partial charge in [0, 0.05) is 29.8 Å². The van der Waals surface area contributed by atoms with Gasteiger partial charge in [0.15, 0.2) is 0 Å². The Balaban J connectivity index is 2.09. The van der Waals surface area contributed by atoms with E-state index in [-0.39, 0.29) is 10.8 Å². The van der Waals surface area contributed by atoms with Crippen LogP contribution < -0.4 is 5.32 Å². The van der Waals surface area contributed by atoms with Gasteiger partial charge in [-0.05, 0) is 59.4 Å². The van der Waals surface area contributed by atoms with E-state index in [1.54, 1.807) is 0 Å². The Hall–Kier alpha value is -1.49. The molecular weight excluding hydrogens is 344 g/mol. The Bertz CT molecular complexity index is 551. The number of nitrogens with one attached hydrogen (secondary N) is 1. The third-order valence-electron chi connectivity index (χ3n) is 3.49. The normalized spacial score (nSPS) is 12.3. The van der Waals surface area contributed by atoms with E-state index in [0.717, 1.165) is 31.6 Å². The zero-order valence-electron chi connectivity index (χ0n) is 16.9. The van der Waals surface area contributed by atoms with E-state index in [2.05, 4.69) is 54.6 Å². The van der Waals surface area contributed by atoms with Crippen molar-refractivity contribution < 1.29 is 9.53 Å². The van der Waals surface area contributed by atoms with Gasteiger partial charge in [-0.15, -0.1) is 11.8 Å². The maximum Gasteiger partial charge on any atom is 0.407 e. The fourth-order valence-electron chi connectivity index (χ4n) is 2.17. The number of nitrogens with zero attached hydrogens (tertiary/aromatic N) is 1. The summed E-state index contributed by atoms with van der Waals surface area (Å²) in [7, 11) is 0. The monoisotopic (exact) mass is 378 g/mol. The first-order chi connectivity index (χ1) is 12.2. The van der Waals surface area contributed by atoms with Gasteiger partial charge in [-0.1, -0.05) is 30.3 Å². The summed E-state index contributed by atoms with van der Waals surface area (Å²) >= 11 is 1.90. The number of aliphatic imine (C=N–C) groups is 1. The molecule has 0 aliphatic heterocycles. The van der Waals surface area contributed by atoms with E-state index in [9.17, 15) is 4.79 Å². The highest BCUT2D eigenvalue weighted by atomic mass is 32.2. The topological polar surface area (TPSA) is 50.7 Å². The van der Waals surface area contributed by atoms with Crippen molar-refractivity contribution in [2.45, 2.75) is 70.0 Å². The molecule has 1 aromatic carbocycles. The molecule has 0 unspecified atom stereocenters. The molecule has 0 aromatic heterocycles.